The van der Waals surface area contributed by atoms with E-state index < -0.39 is 12.7 Å². The quantitative estimate of drug-likeness (QED) is 0.824. The number of aryl methyl sites for hydroxylation is 2. The molecule has 1 unspecified atom stereocenters. The molecular weight excluding hydrogens is 240 g/mol. The molecule has 2 N–H and O–H groups in total. The fraction of sp³-hybridized carbons (Fsp3) is 0.538. The van der Waals surface area contributed by atoms with Crippen LogP contribution in [0.1, 0.15) is 23.6 Å². The number of hydrogen-bond donors (Lipinski definition) is 2. The zero-order chi connectivity index (χ0) is 13.7. The van der Waals surface area contributed by atoms with E-state index in [1.54, 1.807) is 13.0 Å². The second kappa shape index (κ2) is 6.66. The van der Waals surface area contributed by atoms with Crippen LogP contribution in [0.25, 0.3) is 0 Å². The third kappa shape index (κ3) is 4.58. The number of nitrogens with one attached hydrogen (secondary N) is 1. The topological polar surface area (TPSA) is 41.5 Å². The minimum absolute atomic E-state index is 0.186. The smallest absolute Gasteiger partial charge is 0.387 e. The van der Waals surface area contributed by atoms with Crippen LogP contribution < -0.4 is 10.1 Å². The Morgan fingerprint density at radius 1 is 1.28 bits per heavy atom. The number of aliphatic hydroxyl groups is 1. The van der Waals surface area contributed by atoms with Gasteiger partial charge in [0.25, 0.3) is 0 Å². The summed E-state index contributed by atoms with van der Waals surface area (Å²) in [5, 5.41) is 12.1. The number of hydrogen-bond acceptors (Lipinski definition) is 3. The molecule has 102 valence electrons. The molecule has 1 aromatic rings. The molecule has 0 fully saturated rings. The summed E-state index contributed by atoms with van der Waals surface area (Å²) < 4.78 is 29.1. The molecule has 0 bridgehead atoms. The van der Waals surface area contributed by atoms with Crippen molar-refractivity contribution in [1.29, 1.82) is 0 Å². The van der Waals surface area contributed by atoms with Gasteiger partial charge in [-0.1, -0.05) is 6.07 Å². The van der Waals surface area contributed by atoms with E-state index in [0.29, 0.717) is 18.7 Å². The highest BCUT2D eigenvalue weighted by molar-refractivity contribution is 5.41. The van der Waals surface area contributed by atoms with Gasteiger partial charge in [0.2, 0.25) is 0 Å². The van der Waals surface area contributed by atoms with Crippen molar-refractivity contribution in [3.05, 3.63) is 28.8 Å². The third-order valence-electron chi connectivity index (χ3n) is 2.65. The van der Waals surface area contributed by atoms with Gasteiger partial charge in [0.15, 0.2) is 0 Å². The summed E-state index contributed by atoms with van der Waals surface area (Å²) in [5.74, 6) is 0.186. The lowest BCUT2D eigenvalue weighted by molar-refractivity contribution is -0.0505. The highest BCUT2D eigenvalue weighted by Crippen LogP contribution is 2.24. The zero-order valence-corrected chi connectivity index (χ0v) is 10.8. The third-order valence-corrected chi connectivity index (χ3v) is 2.65. The van der Waals surface area contributed by atoms with Crippen molar-refractivity contribution in [2.75, 3.05) is 6.54 Å². The van der Waals surface area contributed by atoms with Crippen molar-refractivity contribution in [3.8, 4) is 5.75 Å². The van der Waals surface area contributed by atoms with Crippen molar-refractivity contribution in [2.45, 2.75) is 40.0 Å². The van der Waals surface area contributed by atoms with Crippen LogP contribution in [0.3, 0.4) is 0 Å². The Balaban J connectivity index is 2.82. The van der Waals surface area contributed by atoms with Crippen LogP contribution in [-0.2, 0) is 6.54 Å². The van der Waals surface area contributed by atoms with Gasteiger partial charge in [0.05, 0.1) is 6.10 Å². The lowest BCUT2D eigenvalue weighted by Crippen LogP contribution is -2.24. The Hall–Kier alpha value is -1.20. The molecule has 0 spiro atoms. The average molecular weight is 259 g/mol. The molecule has 18 heavy (non-hydrogen) atoms. The molecule has 0 amide bonds. The standard InChI is InChI=1S/C13H19F2NO2/c1-8-4-11(7-16-6-10(3)17)12(5-9(8)2)18-13(14)15/h4-5,10,13,16-17H,6-7H2,1-3H3. The molecule has 0 aromatic heterocycles. The molecule has 0 heterocycles. The van der Waals surface area contributed by atoms with E-state index in [1.165, 1.54) is 0 Å². The van der Waals surface area contributed by atoms with Gasteiger partial charge >= 0.3 is 6.61 Å². The monoisotopic (exact) mass is 259 g/mol. The molecule has 0 saturated heterocycles. The van der Waals surface area contributed by atoms with E-state index in [9.17, 15) is 8.78 Å². The van der Waals surface area contributed by atoms with E-state index in [1.807, 2.05) is 19.9 Å². The molecule has 0 saturated carbocycles. The summed E-state index contributed by atoms with van der Waals surface area (Å²) in [4.78, 5) is 0. The van der Waals surface area contributed by atoms with Crippen LogP contribution >= 0.6 is 0 Å². The van der Waals surface area contributed by atoms with E-state index in [0.717, 1.165) is 11.1 Å². The largest absolute Gasteiger partial charge is 0.434 e. The van der Waals surface area contributed by atoms with Crippen LogP contribution in [0.15, 0.2) is 12.1 Å². The van der Waals surface area contributed by atoms with Gasteiger partial charge < -0.3 is 15.2 Å². The molecule has 1 aromatic carbocycles. The maximum absolute atomic E-state index is 12.3. The maximum Gasteiger partial charge on any atom is 0.387 e. The van der Waals surface area contributed by atoms with Crippen LogP contribution in [0, 0.1) is 13.8 Å². The minimum Gasteiger partial charge on any atom is -0.434 e. The summed E-state index contributed by atoms with van der Waals surface area (Å²) in [6, 6.07) is 3.43. The Morgan fingerprint density at radius 2 is 1.89 bits per heavy atom. The predicted octanol–water partition coefficient (Wildman–Crippen LogP) is 2.38. The van der Waals surface area contributed by atoms with Gasteiger partial charge in [-0.3, -0.25) is 0 Å². The maximum atomic E-state index is 12.3. The fourth-order valence-electron chi connectivity index (χ4n) is 1.61. The second-order valence-electron chi connectivity index (χ2n) is 4.40. The van der Waals surface area contributed by atoms with Crippen LogP contribution in [-0.4, -0.2) is 24.4 Å². The lowest BCUT2D eigenvalue weighted by Gasteiger charge is -2.14. The highest BCUT2D eigenvalue weighted by Gasteiger charge is 2.11. The van der Waals surface area contributed by atoms with Crippen molar-refractivity contribution in [2.24, 2.45) is 0 Å². The first-order chi connectivity index (χ1) is 8.40. The van der Waals surface area contributed by atoms with Gasteiger partial charge in [-0.15, -0.1) is 0 Å². The normalized spacial score (nSPS) is 12.8. The first kappa shape index (κ1) is 14.9. The molecule has 0 radical (unpaired) electrons. The zero-order valence-electron chi connectivity index (χ0n) is 10.8. The average Bonchev–Trinajstić information content (AvgIpc) is 2.23. The van der Waals surface area contributed by atoms with Gasteiger partial charge in [-0.2, -0.15) is 8.78 Å². The molecule has 1 atom stereocenters. The first-order valence-electron chi connectivity index (χ1n) is 5.84. The molecular formula is C13H19F2NO2. The highest BCUT2D eigenvalue weighted by atomic mass is 19.3. The van der Waals surface area contributed by atoms with Crippen LogP contribution in [0.5, 0.6) is 5.75 Å². The molecule has 1 rings (SSSR count). The SMILES string of the molecule is Cc1cc(CNCC(C)O)c(OC(F)F)cc1C. The summed E-state index contributed by atoms with van der Waals surface area (Å²) in [6.07, 6.45) is -0.476. The van der Waals surface area contributed by atoms with E-state index in [-0.39, 0.29) is 5.75 Å². The molecule has 0 aliphatic rings. The first-order valence-corrected chi connectivity index (χ1v) is 5.84. The van der Waals surface area contributed by atoms with Crippen molar-refractivity contribution in [3.63, 3.8) is 0 Å². The Bertz CT molecular complexity index is 395. The van der Waals surface area contributed by atoms with Gasteiger partial charge in [-0.25, -0.2) is 0 Å². The van der Waals surface area contributed by atoms with Gasteiger partial charge in [0, 0.05) is 18.7 Å². The summed E-state index contributed by atoms with van der Waals surface area (Å²) in [6.45, 7) is 3.38. The summed E-state index contributed by atoms with van der Waals surface area (Å²) in [7, 11) is 0. The Kier molecular flexibility index (Phi) is 5.50. The number of halogens is 2. The second-order valence-corrected chi connectivity index (χ2v) is 4.40. The van der Waals surface area contributed by atoms with E-state index in [4.69, 9.17) is 5.11 Å². The summed E-state index contributed by atoms with van der Waals surface area (Å²) >= 11 is 0. The van der Waals surface area contributed by atoms with E-state index >= 15 is 0 Å². The number of rotatable bonds is 6. The van der Waals surface area contributed by atoms with Crippen molar-refractivity contribution in [1.82, 2.24) is 5.32 Å². The van der Waals surface area contributed by atoms with Crippen molar-refractivity contribution >= 4 is 0 Å². The molecule has 0 aliphatic heterocycles. The van der Waals surface area contributed by atoms with Gasteiger partial charge in [-0.05, 0) is 38.0 Å². The fourth-order valence-corrected chi connectivity index (χ4v) is 1.61. The molecule has 0 aliphatic carbocycles. The minimum atomic E-state index is -2.83. The lowest BCUT2D eigenvalue weighted by atomic mass is 10.0. The number of aliphatic hydroxyl groups excluding tert-OH is 1. The Labute approximate surface area is 106 Å². The van der Waals surface area contributed by atoms with E-state index in [2.05, 4.69) is 10.1 Å². The Morgan fingerprint density at radius 3 is 2.44 bits per heavy atom. The van der Waals surface area contributed by atoms with Crippen molar-refractivity contribution < 1.29 is 18.6 Å². The van der Waals surface area contributed by atoms with Crippen LogP contribution in [0.2, 0.25) is 0 Å². The summed E-state index contributed by atoms with van der Waals surface area (Å²) in [5.41, 5.74) is 2.59. The predicted molar refractivity (Wildman–Crippen MR) is 65.9 cm³/mol. The van der Waals surface area contributed by atoms with Crippen LogP contribution in [0.4, 0.5) is 8.78 Å². The molecule has 3 nitrogen and oxygen atoms in total. The van der Waals surface area contributed by atoms with Gasteiger partial charge in [0.1, 0.15) is 5.75 Å². The number of alkyl halides is 2. The number of ether oxygens (including phenoxy) is 1. The number of benzene rings is 1. The molecule has 5 heteroatoms.